The zero-order valence-corrected chi connectivity index (χ0v) is 17.9. The van der Waals surface area contributed by atoms with Crippen molar-refractivity contribution in [1.29, 1.82) is 0 Å². The van der Waals surface area contributed by atoms with Crippen molar-refractivity contribution in [2.45, 2.75) is 19.9 Å². The van der Waals surface area contributed by atoms with Gasteiger partial charge in [0.15, 0.2) is 0 Å². The number of aromatic nitrogens is 1. The molecule has 0 aliphatic heterocycles. The van der Waals surface area contributed by atoms with Crippen LogP contribution < -0.4 is 10.6 Å². The maximum atomic E-state index is 12.4. The van der Waals surface area contributed by atoms with Crippen LogP contribution in [0.4, 0.5) is 11.5 Å². The Morgan fingerprint density at radius 3 is 2.58 bits per heavy atom. The molecule has 8 heteroatoms. The lowest BCUT2D eigenvalue weighted by Crippen LogP contribution is -2.43. The molecule has 0 aliphatic rings. The Kier molecular flexibility index (Phi) is 7.31. The number of nitrogens with one attached hydrogen (secondary N) is 2. The van der Waals surface area contributed by atoms with Crippen LogP contribution in [0, 0.1) is 6.92 Å². The second-order valence-corrected chi connectivity index (χ2v) is 7.74. The molecule has 26 heavy (non-hydrogen) atoms. The van der Waals surface area contributed by atoms with Gasteiger partial charge in [-0.3, -0.25) is 14.5 Å². The number of hydrogen-bond acceptors (Lipinski definition) is 4. The van der Waals surface area contributed by atoms with E-state index in [9.17, 15) is 9.59 Å². The molecular weight excluding hydrogens is 464 g/mol. The smallest absolute Gasteiger partial charge is 0.241 e. The third kappa shape index (κ3) is 5.89. The summed E-state index contributed by atoms with van der Waals surface area (Å²) in [6, 6.07) is 8.66. The summed E-state index contributed by atoms with van der Waals surface area (Å²) in [5, 5.41) is 5.59. The summed E-state index contributed by atoms with van der Waals surface area (Å²) in [7, 11) is 1.73. The molecule has 0 aliphatic carbocycles. The van der Waals surface area contributed by atoms with E-state index >= 15 is 0 Å². The van der Waals surface area contributed by atoms with Gasteiger partial charge in [-0.1, -0.05) is 15.9 Å². The molecule has 1 aromatic heterocycles. The fourth-order valence-electron chi connectivity index (χ4n) is 2.18. The van der Waals surface area contributed by atoms with E-state index in [1.807, 2.05) is 25.1 Å². The van der Waals surface area contributed by atoms with Gasteiger partial charge in [0.05, 0.1) is 18.3 Å². The summed E-state index contributed by atoms with van der Waals surface area (Å²) in [5.74, 6) is 0.0753. The van der Waals surface area contributed by atoms with Crippen molar-refractivity contribution in [3.8, 4) is 0 Å². The summed E-state index contributed by atoms with van der Waals surface area (Å²) in [6.45, 7) is 3.75. The lowest BCUT2D eigenvalue weighted by Gasteiger charge is -2.23. The number of halogens is 2. The number of likely N-dealkylation sites (N-methyl/N-ethyl adjacent to an activating group) is 1. The van der Waals surface area contributed by atoms with Crippen LogP contribution in [0.3, 0.4) is 0 Å². The number of benzene rings is 1. The Balaban J connectivity index is 1.92. The van der Waals surface area contributed by atoms with Gasteiger partial charge < -0.3 is 10.6 Å². The van der Waals surface area contributed by atoms with Gasteiger partial charge in [-0.15, -0.1) is 0 Å². The summed E-state index contributed by atoms with van der Waals surface area (Å²) in [5.41, 5.74) is 1.68. The molecule has 0 saturated carbocycles. The fraction of sp³-hybridized carbons (Fsp3) is 0.278. The Hall–Kier alpha value is -1.77. The SMILES string of the molecule is Cc1ccnc(NC(=O)CN(C)C(C)C(=O)Nc2ccc(Br)cc2Br)c1. The number of nitrogens with zero attached hydrogens (tertiary/aromatic N) is 2. The number of hydrogen-bond donors (Lipinski definition) is 2. The maximum absolute atomic E-state index is 12.4. The monoisotopic (exact) mass is 482 g/mol. The number of rotatable bonds is 6. The van der Waals surface area contributed by atoms with Crippen LogP contribution in [0.1, 0.15) is 12.5 Å². The zero-order valence-electron chi connectivity index (χ0n) is 14.7. The molecule has 1 atom stereocenters. The van der Waals surface area contributed by atoms with E-state index in [0.717, 1.165) is 14.5 Å². The Labute approximate surface area is 169 Å². The van der Waals surface area contributed by atoms with Gasteiger partial charge in [-0.2, -0.15) is 0 Å². The predicted molar refractivity (Wildman–Crippen MR) is 110 cm³/mol. The van der Waals surface area contributed by atoms with Gasteiger partial charge in [0.1, 0.15) is 5.82 Å². The third-order valence-electron chi connectivity index (χ3n) is 3.81. The first-order valence-electron chi connectivity index (χ1n) is 7.95. The summed E-state index contributed by atoms with van der Waals surface area (Å²) < 4.78 is 1.69. The van der Waals surface area contributed by atoms with Gasteiger partial charge >= 0.3 is 0 Å². The largest absolute Gasteiger partial charge is 0.324 e. The van der Waals surface area contributed by atoms with E-state index in [2.05, 4.69) is 47.5 Å². The van der Waals surface area contributed by atoms with Crippen molar-refractivity contribution in [3.05, 3.63) is 51.0 Å². The molecule has 0 spiro atoms. The lowest BCUT2D eigenvalue weighted by molar-refractivity contribution is -0.122. The molecule has 0 saturated heterocycles. The van der Waals surface area contributed by atoms with Crippen LogP contribution in [-0.2, 0) is 9.59 Å². The van der Waals surface area contributed by atoms with Crippen LogP contribution in [-0.4, -0.2) is 41.3 Å². The second kappa shape index (κ2) is 9.25. The quantitative estimate of drug-likeness (QED) is 0.655. The van der Waals surface area contributed by atoms with E-state index < -0.39 is 6.04 Å². The first kappa shape index (κ1) is 20.5. The highest BCUT2D eigenvalue weighted by atomic mass is 79.9. The van der Waals surface area contributed by atoms with Crippen molar-refractivity contribution in [2.24, 2.45) is 0 Å². The van der Waals surface area contributed by atoms with Gasteiger partial charge in [-0.25, -0.2) is 4.98 Å². The molecule has 0 fully saturated rings. The van der Waals surface area contributed by atoms with E-state index in [1.165, 1.54) is 0 Å². The van der Waals surface area contributed by atoms with Crippen LogP contribution in [0.25, 0.3) is 0 Å². The zero-order chi connectivity index (χ0) is 19.3. The average Bonchev–Trinajstić information content (AvgIpc) is 2.56. The van der Waals surface area contributed by atoms with Gasteiger partial charge in [-0.05, 0) is 72.7 Å². The molecule has 6 nitrogen and oxygen atoms in total. The highest BCUT2D eigenvalue weighted by Gasteiger charge is 2.21. The van der Waals surface area contributed by atoms with E-state index in [-0.39, 0.29) is 18.4 Å². The number of carbonyl (C=O) groups is 2. The molecule has 1 heterocycles. The molecular formula is C18H20Br2N4O2. The van der Waals surface area contributed by atoms with Crippen molar-refractivity contribution in [1.82, 2.24) is 9.88 Å². The highest BCUT2D eigenvalue weighted by molar-refractivity contribution is 9.11. The minimum Gasteiger partial charge on any atom is -0.324 e. The number of amides is 2. The Bertz CT molecular complexity index is 814. The third-order valence-corrected chi connectivity index (χ3v) is 4.95. The molecule has 0 radical (unpaired) electrons. The number of aryl methyl sites for hydroxylation is 1. The summed E-state index contributed by atoms with van der Waals surface area (Å²) in [4.78, 5) is 30.4. The van der Waals surface area contributed by atoms with E-state index in [0.29, 0.717) is 11.5 Å². The molecule has 0 bridgehead atoms. The molecule has 1 unspecified atom stereocenters. The van der Waals surface area contributed by atoms with Crippen molar-refractivity contribution >= 4 is 55.2 Å². The molecule has 2 rings (SSSR count). The van der Waals surface area contributed by atoms with Crippen molar-refractivity contribution in [2.75, 3.05) is 24.2 Å². The standard InChI is InChI=1S/C18H20Br2N4O2/c1-11-6-7-21-16(8-11)23-17(25)10-24(3)12(2)18(26)22-15-5-4-13(19)9-14(15)20/h4-9,12H,10H2,1-3H3,(H,22,26)(H,21,23,25). The second-order valence-electron chi connectivity index (χ2n) is 5.97. The van der Waals surface area contributed by atoms with Crippen LogP contribution in [0.5, 0.6) is 0 Å². The van der Waals surface area contributed by atoms with E-state index in [1.54, 1.807) is 37.2 Å². The van der Waals surface area contributed by atoms with Crippen LogP contribution >= 0.6 is 31.9 Å². The molecule has 2 amide bonds. The first-order valence-corrected chi connectivity index (χ1v) is 9.53. The van der Waals surface area contributed by atoms with E-state index in [4.69, 9.17) is 0 Å². The highest BCUT2D eigenvalue weighted by Crippen LogP contribution is 2.26. The topological polar surface area (TPSA) is 74.3 Å². The first-order chi connectivity index (χ1) is 12.3. The van der Waals surface area contributed by atoms with Gasteiger partial charge in [0, 0.05) is 15.1 Å². The Morgan fingerprint density at radius 1 is 1.19 bits per heavy atom. The number of carbonyl (C=O) groups excluding carboxylic acids is 2. The van der Waals surface area contributed by atoms with Gasteiger partial charge in [0.25, 0.3) is 0 Å². The summed E-state index contributed by atoms with van der Waals surface area (Å²) >= 11 is 6.79. The molecule has 2 aromatic rings. The number of pyridine rings is 1. The minimum absolute atomic E-state index is 0.0751. The fourth-order valence-corrected chi connectivity index (χ4v) is 3.32. The molecule has 138 valence electrons. The average molecular weight is 484 g/mol. The number of anilines is 2. The molecule has 1 aromatic carbocycles. The van der Waals surface area contributed by atoms with Gasteiger partial charge in [0.2, 0.25) is 11.8 Å². The van der Waals surface area contributed by atoms with Crippen LogP contribution in [0.15, 0.2) is 45.5 Å². The normalized spacial score (nSPS) is 11.9. The van der Waals surface area contributed by atoms with Crippen molar-refractivity contribution < 1.29 is 9.59 Å². The van der Waals surface area contributed by atoms with Crippen molar-refractivity contribution in [3.63, 3.8) is 0 Å². The summed E-state index contributed by atoms with van der Waals surface area (Å²) in [6.07, 6.45) is 1.64. The predicted octanol–water partition coefficient (Wildman–Crippen LogP) is 3.81. The minimum atomic E-state index is -0.484. The van der Waals surface area contributed by atoms with Crippen LogP contribution in [0.2, 0.25) is 0 Å². The maximum Gasteiger partial charge on any atom is 0.241 e. The molecule has 2 N–H and O–H groups in total. The Morgan fingerprint density at radius 2 is 1.92 bits per heavy atom. The lowest BCUT2D eigenvalue weighted by atomic mass is 10.2.